The number of hydrogen-bond donors (Lipinski definition) is 1. The minimum atomic E-state index is 0.145. The van der Waals surface area contributed by atoms with Gasteiger partial charge in [-0.3, -0.25) is 14.6 Å². The number of nitrogens with one attached hydrogen (secondary N) is 1. The number of aromatic nitrogens is 1. The van der Waals surface area contributed by atoms with E-state index in [4.69, 9.17) is 4.98 Å². The Labute approximate surface area is 141 Å². The molecule has 0 unspecified atom stereocenters. The van der Waals surface area contributed by atoms with Crippen molar-refractivity contribution in [2.24, 2.45) is 0 Å². The normalized spacial score (nSPS) is 16.7. The van der Waals surface area contributed by atoms with E-state index in [0.29, 0.717) is 6.54 Å². The monoisotopic (exact) mass is 332 g/mol. The average molecular weight is 332 g/mol. The molecule has 0 bridgehead atoms. The summed E-state index contributed by atoms with van der Waals surface area (Å²) in [6.45, 7) is 8.17. The molecule has 5 nitrogen and oxygen atoms in total. The van der Waals surface area contributed by atoms with Crippen LogP contribution < -0.4 is 5.32 Å². The second-order valence-corrected chi connectivity index (χ2v) is 7.09. The molecule has 0 radical (unpaired) electrons. The fourth-order valence-corrected chi connectivity index (χ4v) is 3.82. The Bertz CT molecular complexity index is 616. The Kier molecular flexibility index (Phi) is 5.59. The van der Waals surface area contributed by atoms with Gasteiger partial charge in [-0.25, -0.2) is 4.98 Å². The van der Waals surface area contributed by atoms with Crippen molar-refractivity contribution in [2.45, 2.75) is 19.9 Å². The van der Waals surface area contributed by atoms with E-state index in [2.05, 4.69) is 40.2 Å². The first-order chi connectivity index (χ1) is 11.2. The van der Waals surface area contributed by atoms with Crippen molar-refractivity contribution in [2.75, 3.05) is 39.3 Å². The van der Waals surface area contributed by atoms with E-state index >= 15 is 0 Å². The molecule has 1 aliphatic rings. The highest BCUT2D eigenvalue weighted by molar-refractivity contribution is 7.18. The molecule has 1 fully saturated rings. The van der Waals surface area contributed by atoms with Gasteiger partial charge in [-0.05, 0) is 18.6 Å². The number of hydrogen-bond acceptors (Lipinski definition) is 5. The number of amides is 1. The Morgan fingerprint density at radius 1 is 1.22 bits per heavy atom. The van der Waals surface area contributed by atoms with Gasteiger partial charge in [0.25, 0.3) is 0 Å². The van der Waals surface area contributed by atoms with Crippen molar-refractivity contribution in [3.8, 4) is 0 Å². The van der Waals surface area contributed by atoms with Crippen LogP contribution in [0.5, 0.6) is 0 Å². The summed E-state index contributed by atoms with van der Waals surface area (Å²) in [6, 6.07) is 8.30. The van der Waals surface area contributed by atoms with E-state index < -0.39 is 0 Å². The lowest BCUT2D eigenvalue weighted by Crippen LogP contribution is -2.49. The Balaban J connectivity index is 1.46. The molecule has 1 aromatic carbocycles. The topological polar surface area (TPSA) is 48.5 Å². The predicted molar refractivity (Wildman–Crippen MR) is 94.6 cm³/mol. The first kappa shape index (κ1) is 16.4. The van der Waals surface area contributed by atoms with Gasteiger partial charge in [0, 0.05) is 32.7 Å². The lowest BCUT2D eigenvalue weighted by atomic mass is 10.3. The number of benzene rings is 1. The quantitative estimate of drug-likeness (QED) is 0.878. The largest absolute Gasteiger partial charge is 0.355 e. The third-order valence-electron chi connectivity index (χ3n) is 4.10. The van der Waals surface area contributed by atoms with Gasteiger partial charge in [-0.1, -0.05) is 19.1 Å². The fraction of sp³-hybridized carbons (Fsp3) is 0.529. The molecule has 1 aromatic heterocycles. The van der Waals surface area contributed by atoms with Crippen LogP contribution in [-0.4, -0.2) is 60.0 Å². The number of fused-ring (bicyclic) bond motifs is 1. The maximum atomic E-state index is 11.8. The third-order valence-corrected chi connectivity index (χ3v) is 5.12. The van der Waals surface area contributed by atoms with Crippen molar-refractivity contribution in [1.29, 1.82) is 0 Å². The van der Waals surface area contributed by atoms with Crippen molar-refractivity contribution in [3.63, 3.8) is 0 Å². The summed E-state index contributed by atoms with van der Waals surface area (Å²) in [5.41, 5.74) is 1.10. The minimum Gasteiger partial charge on any atom is -0.355 e. The van der Waals surface area contributed by atoms with E-state index in [1.807, 2.05) is 6.07 Å². The summed E-state index contributed by atoms with van der Waals surface area (Å²) >= 11 is 1.78. The van der Waals surface area contributed by atoms with Gasteiger partial charge < -0.3 is 5.32 Å². The highest BCUT2D eigenvalue weighted by atomic mass is 32.1. The summed E-state index contributed by atoms with van der Waals surface area (Å²) in [4.78, 5) is 21.1. The SMILES string of the molecule is CCCNC(=O)CN1CCN(Cc2nc3ccccc3s2)CC1. The smallest absolute Gasteiger partial charge is 0.234 e. The van der Waals surface area contributed by atoms with Crippen LogP contribution in [0.25, 0.3) is 10.2 Å². The highest BCUT2D eigenvalue weighted by Crippen LogP contribution is 2.22. The minimum absolute atomic E-state index is 0.145. The molecule has 1 aliphatic heterocycles. The molecule has 23 heavy (non-hydrogen) atoms. The number of para-hydroxylation sites is 1. The molecular weight excluding hydrogens is 308 g/mol. The van der Waals surface area contributed by atoms with Crippen LogP contribution in [0.4, 0.5) is 0 Å². The van der Waals surface area contributed by atoms with E-state index in [-0.39, 0.29) is 5.91 Å². The Morgan fingerprint density at radius 2 is 1.96 bits per heavy atom. The number of piperazine rings is 1. The molecule has 1 amide bonds. The maximum Gasteiger partial charge on any atom is 0.234 e. The van der Waals surface area contributed by atoms with Crippen LogP contribution >= 0.6 is 11.3 Å². The van der Waals surface area contributed by atoms with Crippen molar-refractivity contribution in [3.05, 3.63) is 29.3 Å². The van der Waals surface area contributed by atoms with Gasteiger partial charge in [0.05, 0.1) is 23.3 Å². The lowest BCUT2D eigenvalue weighted by Gasteiger charge is -2.33. The van der Waals surface area contributed by atoms with Crippen LogP contribution in [-0.2, 0) is 11.3 Å². The molecule has 0 spiro atoms. The number of carbonyl (C=O) groups is 1. The van der Waals surface area contributed by atoms with Gasteiger partial charge >= 0.3 is 0 Å². The predicted octanol–water partition coefficient (Wildman–Crippen LogP) is 1.94. The zero-order valence-corrected chi connectivity index (χ0v) is 14.4. The number of thiazole rings is 1. The number of rotatable bonds is 6. The zero-order chi connectivity index (χ0) is 16.1. The number of nitrogens with zero attached hydrogens (tertiary/aromatic N) is 3. The molecule has 2 aromatic rings. The second kappa shape index (κ2) is 7.86. The van der Waals surface area contributed by atoms with Crippen LogP contribution in [0.3, 0.4) is 0 Å². The van der Waals surface area contributed by atoms with E-state index in [9.17, 15) is 4.79 Å². The summed E-state index contributed by atoms with van der Waals surface area (Å²) in [6.07, 6.45) is 0.988. The molecule has 0 aliphatic carbocycles. The molecule has 6 heteroatoms. The highest BCUT2D eigenvalue weighted by Gasteiger charge is 2.19. The van der Waals surface area contributed by atoms with Crippen molar-refractivity contribution >= 4 is 27.5 Å². The van der Waals surface area contributed by atoms with Crippen molar-refractivity contribution < 1.29 is 4.79 Å². The zero-order valence-electron chi connectivity index (χ0n) is 13.6. The molecular formula is C17H24N4OS. The average Bonchev–Trinajstić information content (AvgIpc) is 2.97. The van der Waals surface area contributed by atoms with Crippen LogP contribution in [0.15, 0.2) is 24.3 Å². The first-order valence-corrected chi connectivity index (χ1v) is 9.12. The standard InChI is InChI=1S/C17H24N4OS/c1-2-7-18-16(22)12-20-8-10-21(11-9-20)13-17-19-14-5-3-4-6-15(14)23-17/h3-6H,2,7-13H2,1H3,(H,18,22). The van der Waals surface area contributed by atoms with Gasteiger partial charge in [0.2, 0.25) is 5.91 Å². The van der Waals surface area contributed by atoms with E-state index in [1.54, 1.807) is 11.3 Å². The molecule has 0 saturated carbocycles. The molecule has 124 valence electrons. The van der Waals surface area contributed by atoms with Crippen LogP contribution in [0.2, 0.25) is 0 Å². The molecule has 1 saturated heterocycles. The maximum absolute atomic E-state index is 11.8. The van der Waals surface area contributed by atoms with E-state index in [0.717, 1.165) is 51.2 Å². The van der Waals surface area contributed by atoms with Gasteiger partial charge in [-0.15, -0.1) is 11.3 Å². The summed E-state index contributed by atoms with van der Waals surface area (Å²) in [5.74, 6) is 0.145. The second-order valence-electron chi connectivity index (χ2n) is 5.98. The first-order valence-electron chi connectivity index (χ1n) is 8.30. The molecule has 1 N–H and O–H groups in total. The van der Waals surface area contributed by atoms with Crippen molar-refractivity contribution in [1.82, 2.24) is 20.1 Å². The summed E-state index contributed by atoms with van der Waals surface area (Å²) in [5, 5.41) is 4.12. The van der Waals surface area contributed by atoms with Gasteiger partial charge in [0.1, 0.15) is 5.01 Å². The Morgan fingerprint density at radius 3 is 2.70 bits per heavy atom. The molecule has 2 heterocycles. The van der Waals surface area contributed by atoms with E-state index in [1.165, 1.54) is 9.71 Å². The Hall–Kier alpha value is -1.50. The van der Waals surface area contributed by atoms with Crippen LogP contribution in [0.1, 0.15) is 18.4 Å². The molecule has 3 rings (SSSR count). The lowest BCUT2D eigenvalue weighted by molar-refractivity contribution is -0.122. The van der Waals surface area contributed by atoms with Gasteiger partial charge in [-0.2, -0.15) is 0 Å². The third kappa shape index (κ3) is 4.50. The summed E-state index contributed by atoms with van der Waals surface area (Å²) < 4.78 is 1.26. The summed E-state index contributed by atoms with van der Waals surface area (Å²) in [7, 11) is 0. The number of carbonyl (C=O) groups excluding carboxylic acids is 1. The molecule has 0 atom stereocenters. The van der Waals surface area contributed by atoms with Gasteiger partial charge in [0.15, 0.2) is 0 Å². The fourth-order valence-electron chi connectivity index (χ4n) is 2.81. The van der Waals surface area contributed by atoms with Crippen LogP contribution in [0, 0.1) is 0 Å².